The maximum absolute atomic E-state index is 12.5. The van der Waals surface area contributed by atoms with Gasteiger partial charge in [0.2, 0.25) is 0 Å². The van der Waals surface area contributed by atoms with E-state index < -0.39 is 18.0 Å². The van der Waals surface area contributed by atoms with Crippen LogP contribution in [0.15, 0.2) is 108 Å². The van der Waals surface area contributed by atoms with Crippen molar-refractivity contribution in [2.24, 2.45) is 5.10 Å². The molecular weight excluding hydrogens is 480 g/mol. The average Bonchev–Trinajstić information content (AvgIpc) is 2.95. The number of ether oxygens (including phenoxy) is 3. The Balaban J connectivity index is 1.33. The monoisotopic (exact) mass is 508 g/mol. The van der Waals surface area contributed by atoms with Crippen LogP contribution in [0.2, 0.25) is 0 Å². The van der Waals surface area contributed by atoms with Crippen LogP contribution in [-0.4, -0.2) is 30.8 Å². The molecule has 0 saturated carbocycles. The van der Waals surface area contributed by atoms with Crippen molar-refractivity contribution < 1.29 is 23.8 Å². The third kappa shape index (κ3) is 7.07. The number of hydrogen-bond acceptors (Lipinski definition) is 6. The van der Waals surface area contributed by atoms with E-state index in [2.05, 4.69) is 10.5 Å². The molecule has 0 aliphatic carbocycles. The third-order valence-corrected chi connectivity index (χ3v) is 5.51. The molecular formula is C31H28N2O5. The van der Waals surface area contributed by atoms with E-state index in [0.717, 1.165) is 11.1 Å². The fraction of sp³-hybridized carbons (Fsp3) is 0.129. The van der Waals surface area contributed by atoms with Crippen LogP contribution in [0.25, 0.3) is 11.1 Å². The highest BCUT2D eigenvalue weighted by molar-refractivity contribution is 5.91. The first kappa shape index (κ1) is 26.2. The maximum atomic E-state index is 12.5. The van der Waals surface area contributed by atoms with Crippen molar-refractivity contribution in [3.05, 3.63) is 114 Å². The number of carbonyl (C=O) groups excluding carboxylic acids is 2. The molecule has 192 valence electrons. The lowest BCUT2D eigenvalue weighted by molar-refractivity contribution is -0.127. The highest BCUT2D eigenvalue weighted by Crippen LogP contribution is 2.29. The SMILES string of the molecule is CCOc1cc(/C=N\NC(=O)[C@H](C)Oc2ccc(-c3ccccc3)cc2)ccc1OC(=O)c1ccccc1. The minimum Gasteiger partial charge on any atom is -0.490 e. The fourth-order valence-corrected chi connectivity index (χ4v) is 3.57. The van der Waals surface area contributed by atoms with Gasteiger partial charge in [0.05, 0.1) is 18.4 Å². The van der Waals surface area contributed by atoms with Gasteiger partial charge in [0.15, 0.2) is 17.6 Å². The zero-order valence-corrected chi connectivity index (χ0v) is 21.2. The smallest absolute Gasteiger partial charge is 0.343 e. The number of hydrazone groups is 1. The van der Waals surface area contributed by atoms with Crippen molar-refractivity contribution in [3.8, 4) is 28.4 Å². The number of amides is 1. The van der Waals surface area contributed by atoms with E-state index in [4.69, 9.17) is 14.2 Å². The summed E-state index contributed by atoms with van der Waals surface area (Å²) in [5.74, 6) is 0.388. The van der Waals surface area contributed by atoms with Gasteiger partial charge in [-0.15, -0.1) is 0 Å². The lowest BCUT2D eigenvalue weighted by atomic mass is 10.1. The van der Waals surface area contributed by atoms with E-state index in [1.807, 2.05) is 67.6 Å². The van der Waals surface area contributed by atoms with Gasteiger partial charge >= 0.3 is 5.97 Å². The third-order valence-electron chi connectivity index (χ3n) is 5.51. The van der Waals surface area contributed by atoms with Crippen LogP contribution in [0, 0.1) is 0 Å². The Morgan fingerprint density at radius 1 is 0.842 bits per heavy atom. The molecule has 1 amide bonds. The van der Waals surface area contributed by atoms with Crippen molar-refractivity contribution in [3.63, 3.8) is 0 Å². The number of esters is 1. The minimum atomic E-state index is -0.756. The van der Waals surface area contributed by atoms with Gasteiger partial charge in [0.1, 0.15) is 5.75 Å². The average molecular weight is 509 g/mol. The van der Waals surface area contributed by atoms with Gasteiger partial charge in [0.25, 0.3) is 5.91 Å². The van der Waals surface area contributed by atoms with Crippen molar-refractivity contribution in [2.75, 3.05) is 6.61 Å². The quantitative estimate of drug-likeness (QED) is 0.125. The van der Waals surface area contributed by atoms with Gasteiger partial charge in [-0.1, -0.05) is 60.7 Å². The van der Waals surface area contributed by atoms with Crippen LogP contribution in [-0.2, 0) is 4.79 Å². The standard InChI is InChI=1S/C31H28N2O5/c1-3-36-29-20-23(14-19-28(29)38-31(35)26-12-8-5-9-13-26)21-32-33-30(34)22(2)37-27-17-15-25(16-18-27)24-10-6-4-7-11-24/h4-22H,3H2,1-2H3,(H,33,34)/b32-21-/t22-/m0/s1. The van der Waals surface area contributed by atoms with Crippen LogP contribution in [0.4, 0.5) is 0 Å². The number of carbonyl (C=O) groups is 2. The Bertz CT molecular complexity index is 1390. The van der Waals surface area contributed by atoms with Crippen LogP contribution in [0.3, 0.4) is 0 Å². The summed E-state index contributed by atoms with van der Waals surface area (Å²) in [5.41, 5.74) is 5.74. The summed E-state index contributed by atoms with van der Waals surface area (Å²) in [4.78, 5) is 24.9. The molecule has 4 aromatic carbocycles. The molecule has 1 atom stereocenters. The van der Waals surface area contributed by atoms with Gasteiger partial charge in [-0.2, -0.15) is 5.10 Å². The van der Waals surface area contributed by atoms with Gasteiger partial charge < -0.3 is 14.2 Å². The zero-order chi connectivity index (χ0) is 26.7. The van der Waals surface area contributed by atoms with Crippen molar-refractivity contribution in [1.82, 2.24) is 5.43 Å². The van der Waals surface area contributed by atoms with Crippen molar-refractivity contribution >= 4 is 18.1 Å². The molecule has 0 aliphatic heterocycles. The summed E-state index contributed by atoms with van der Waals surface area (Å²) in [6.45, 7) is 3.87. The van der Waals surface area contributed by atoms with Crippen molar-refractivity contribution in [1.29, 1.82) is 0 Å². The van der Waals surface area contributed by atoms with Crippen molar-refractivity contribution in [2.45, 2.75) is 20.0 Å². The molecule has 0 aliphatic rings. The number of benzene rings is 4. The summed E-state index contributed by atoms with van der Waals surface area (Å²) in [7, 11) is 0. The Morgan fingerprint density at radius 2 is 1.50 bits per heavy atom. The second-order valence-corrected chi connectivity index (χ2v) is 8.28. The molecule has 4 rings (SSSR count). The van der Waals surface area contributed by atoms with Gasteiger partial charge in [-0.25, -0.2) is 10.2 Å². The number of hydrogen-bond donors (Lipinski definition) is 1. The first-order valence-electron chi connectivity index (χ1n) is 12.2. The molecule has 7 heteroatoms. The van der Waals surface area contributed by atoms with E-state index in [-0.39, 0.29) is 0 Å². The molecule has 38 heavy (non-hydrogen) atoms. The van der Waals surface area contributed by atoms with Gasteiger partial charge in [-0.3, -0.25) is 4.79 Å². The Hall–Kier alpha value is -4.91. The summed E-state index contributed by atoms with van der Waals surface area (Å²) in [6, 6.07) is 31.3. The van der Waals surface area contributed by atoms with Crippen LogP contribution >= 0.6 is 0 Å². The molecule has 0 saturated heterocycles. The molecule has 0 aromatic heterocycles. The summed E-state index contributed by atoms with van der Waals surface area (Å²) < 4.78 is 16.9. The molecule has 0 bridgehead atoms. The topological polar surface area (TPSA) is 86.2 Å². The summed E-state index contributed by atoms with van der Waals surface area (Å²) >= 11 is 0. The van der Waals surface area contributed by atoms with Crippen LogP contribution in [0.1, 0.15) is 29.8 Å². The number of nitrogens with zero attached hydrogens (tertiary/aromatic N) is 1. The highest BCUT2D eigenvalue weighted by Gasteiger charge is 2.15. The second-order valence-electron chi connectivity index (χ2n) is 8.28. The lowest BCUT2D eigenvalue weighted by Gasteiger charge is -2.13. The van der Waals surface area contributed by atoms with Gasteiger partial charge in [0, 0.05) is 0 Å². The molecule has 4 aromatic rings. The van der Waals surface area contributed by atoms with E-state index in [0.29, 0.717) is 35.0 Å². The minimum absolute atomic E-state index is 0.294. The summed E-state index contributed by atoms with van der Waals surface area (Å²) in [5, 5.41) is 4.03. The predicted octanol–water partition coefficient (Wildman–Crippen LogP) is 5.89. The Labute approximate surface area is 221 Å². The molecule has 1 N–H and O–H groups in total. The van der Waals surface area contributed by atoms with Crippen LogP contribution in [0.5, 0.6) is 17.2 Å². The summed E-state index contributed by atoms with van der Waals surface area (Å²) in [6.07, 6.45) is 0.721. The van der Waals surface area contributed by atoms with E-state index in [1.54, 1.807) is 49.4 Å². The zero-order valence-electron chi connectivity index (χ0n) is 21.2. The molecule has 0 spiro atoms. The van der Waals surface area contributed by atoms with E-state index in [1.165, 1.54) is 6.21 Å². The second kappa shape index (κ2) is 12.9. The predicted molar refractivity (Wildman–Crippen MR) is 147 cm³/mol. The first-order valence-corrected chi connectivity index (χ1v) is 12.2. The van der Waals surface area contributed by atoms with Crippen LogP contribution < -0.4 is 19.6 Å². The molecule has 7 nitrogen and oxygen atoms in total. The number of rotatable bonds is 10. The number of nitrogens with one attached hydrogen (secondary N) is 1. The Kier molecular flexibility index (Phi) is 8.86. The highest BCUT2D eigenvalue weighted by atomic mass is 16.6. The Morgan fingerprint density at radius 3 is 2.18 bits per heavy atom. The largest absolute Gasteiger partial charge is 0.490 e. The first-order chi connectivity index (χ1) is 18.5. The molecule has 0 fully saturated rings. The molecule has 0 heterocycles. The van der Waals surface area contributed by atoms with E-state index in [9.17, 15) is 9.59 Å². The lowest BCUT2D eigenvalue weighted by Crippen LogP contribution is -2.33. The van der Waals surface area contributed by atoms with E-state index >= 15 is 0 Å². The normalized spacial score (nSPS) is 11.5. The molecule has 0 unspecified atom stereocenters. The molecule has 0 radical (unpaired) electrons. The van der Waals surface area contributed by atoms with Gasteiger partial charge in [-0.05, 0) is 73.0 Å². The fourth-order valence-electron chi connectivity index (χ4n) is 3.57. The maximum Gasteiger partial charge on any atom is 0.343 e.